The highest BCUT2D eigenvalue weighted by Gasteiger charge is 2.34. The van der Waals surface area contributed by atoms with Crippen molar-refractivity contribution in [3.8, 4) is 5.75 Å². The van der Waals surface area contributed by atoms with E-state index in [1.807, 2.05) is 5.38 Å². The van der Waals surface area contributed by atoms with Crippen LogP contribution in [0.5, 0.6) is 5.75 Å². The lowest BCUT2D eigenvalue weighted by molar-refractivity contribution is -0.139. The van der Waals surface area contributed by atoms with E-state index in [0.29, 0.717) is 0 Å². The van der Waals surface area contributed by atoms with Crippen LogP contribution in [-0.2, 0) is 19.4 Å². The molecule has 1 aromatic heterocycles. The first-order valence-corrected chi connectivity index (χ1v) is 7.24. The summed E-state index contributed by atoms with van der Waals surface area (Å²) in [5, 5.41) is 10.7. The van der Waals surface area contributed by atoms with Gasteiger partial charge in [-0.05, 0) is 39.7 Å². The van der Waals surface area contributed by atoms with Crippen LogP contribution >= 0.6 is 27.3 Å². The van der Waals surface area contributed by atoms with E-state index in [9.17, 15) is 13.2 Å². The molecule has 0 radical (unpaired) electrons. The van der Waals surface area contributed by atoms with Crippen LogP contribution in [0.2, 0.25) is 0 Å². The minimum absolute atomic E-state index is 0.0673. The number of hydrogen-bond donors (Lipinski definition) is 1. The first-order chi connectivity index (χ1) is 9.40. The van der Waals surface area contributed by atoms with Crippen molar-refractivity contribution in [3.63, 3.8) is 0 Å². The third-order valence-electron chi connectivity index (χ3n) is 2.52. The lowest BCUT2D eigenvalue weighted by atomic mass is 10.1. The zero-order chi connectivity index (χ0) is 14.8. The predicted octanol–water partition coefficient (Wildman–Crippen LogP) is 4.60. The fourth-order valence-corrected chi connectivity index (χ4v) is 2.96. The average molecular weight is 367 g/mol. The van der Waals surface area contributed by atoms with E-state index in [1.165, 1.54) is 23.5 Å². The normalized spacial score (nSPS) is 11.7. The summed E-state index contributed by atoms with van der Waals surface area (Å²) < 4.78 is 44.9. The number of aliphatic hydroxyl groups excluding tert-OH is 1. The highest BCUT2D eigenvalue weighted by Crippen LogP contribution is 2.37. The lowest BCUT2D eigenvalue weighted by Crippen LogP contribution is -2.09. The van der Waals surface area contributed by atoms with Crippen molar-refractivity contribution in [2.75, 3.05) is 0 Å². The summed E-state index contributed by atoms with van der Waals surface area (Å²) in [4.78, 5) is 0.816. The molecular weight excluding hydrogens is 357 g/mol. The molecule has 0 bridgehead atoms. The monoisotopic (exact) mass is 366 g/mol. The molecule has 0 spiro atoms. The molecule has 0 aliphatic carbocycles. The van der Waals surface area contributed by atoms with Crippen LogP contribution in [0, 0.1) is 0 Å². The van der Waals surface area contributed by atoms with Crippen LogP contribution in [0.1, 0.15) is 16.0 Å². The average Bonchev–Trinajstić information content (AvgIpc) is 2.81. The van der Waals surface area contributed by atoms with E-state index in [1.54, 1.807) is 6.07 Å². The molecule has 0 fully saturated rings. The topological polar surface area (TPSA) is 29.5 Å². The van der Waals surface area contributed by atoms with Crippen LogP contribution in [0.4, 0.5) is 13.2 Å². The maximum Gasteiger partial charge on any atom is 0.419 e. The van der Waals surface area contributed by atoms with Gasteiger partial charge < -0.3 is 9.84 Å². The summed E-state index contributed by atoms with van der Waals surface area (Å²) >= 11 is 4.67. The number of benzene rings is 1. The second-order valence-electron chi connectivity index (χ2n) is 4.01. The van der Waals surface area contributed by atoms with Gasteiger partial charge in [-0.15, -0.1) is 11.3 Å². The number of ether oxygens (including phenoxy) is 1. The Morgan fingerprint density at radius 1 is 1.25 bits per heavy atom. The molecule has 7 heteroatoms. The van der Waals surface area contributed by atoms with Crippen molar-refractivity contribution in [1.82, 2.24) is 0 Å². The Balaban J connectivity index is 2.22. The first kappa shape index (κ1) is 15.3. The van der Waals surface area contributed by atoms with Crippen LogP contribution in [0.15, 0.2) is 34.1 Å². The third-order valence-corrected chi connectivity index (χ3v) is 4.19. The molecule has 0 saturated heterocycles. The Labute approximate surface area is 125 Å². The predicted molar refractivity (Wildman–Crippen MR) is 73.7 cm³/mol. The maximum absolute atomic E-state index is 12.9. The zero-order valence-electron chi connectivity index (χ0n) is 10.1. The molecule has 2 nitrogen and oxygen atoms in total. The molecule has 0 atom stereocenters. The molecule has 20 heavy (non-hydrogen) atoms. The molecule has 0 saturated carbocycles. The lowest BCUT2D eigenvalue weighted by Gasteiger charge is -2.14. The van der Waals surface area contributed by atoms with E-state index in [2.05, 4.69) is 15.9 Å². The number of halogens is 4. The Morgan fingerprint density at radius 2 is 2.00 bits per heavy atom. The molecule has 1 heterocycles. The van der Waals surface area contributed by atoms with Crippen LogP contribution in [0.25, 0.3) is 0 Å². The molecular formula is C13H10BrF3O2S. The fourth-order valence-electron chi connectivity index (χ4n) is 1.60. The Bertz CT molecular complexity index is 596. The number of hydrogen-bond acceptors (Lipinski definition) is 3. The molecule has 2 aromatic rings. The number of thiophene rings is 1. The smallest absolute Gasteiger partial charge is 0.419 e. The van der Waals surface area contributed by atoms with E-state index in [4.69, 9.17) is 9.84 Å². The largest absolute Gasteiger partial charge is 0.487 e. The molecule has 0 unspecified atom stereocenters. The summed E-state index contributed by atoms with van der Waals surface area (Å²) in [6.45, 7) is -0.376. The van der Waals surface area contributed by atoms with E-state index in [0.717, 1.165) is 15.4 Å². The summed E-state index contributed by atoms with van der Waals surface area (Å²) in [6.07, 6.45) is -4.52. The van der Waals surface area contributed by atoms with Crippen molar-refractivity contribution in [1.29, 1.82) is 0 Å². The SMILES string of the molecule is OCc1ccc(OCc2cc(Br)cs2)c(C(F)(F)F)c1. The number of rotatable bonds is 4. The van der Waals surface area contributed by atoms with E-state index in [-0.39, 0.29) is 17.9 Å². The second-order valence-corrected chi connectivity index (χ2v) is 5.92. The van der Waals surface area contributed by atoms with Crippen molar-refractivity contribution in [2.45, 2.75) is 19.4 Å². The maximum atomic E-state index is 12.9. The van der Waals surface area contributed by atoms with Crippen LogP contribution in [0.3, 0.4) is 0 Å². The summed E-state index contributed by atoms with van der Waals surface area (Å²) in [5.41, 5.74) is -0.678. The van der Waals surface area contributed by atoms with Crippen LogP contribution in [-0.4, -0.2) is 5.11 Å². The molecule has 0 amide bonds. The van der Waals surface area contributed by atoms with Gasteiger partial charge in [0.1, 0.15) is 12.4 Å². The number of alkyl halides is 3. The van der Waals surface area contributed by atoms with Crippen LogP contribution < -0.4 is 4.74 Å². The van der Waals surface area contributed by atoms with E-state index < -0.39 is 18.3 Å². The molecule has 0 aliphatic rings. The molecule has 0 aliphatic heterocycles. The standard InChI is InChI=1S/C13H10BrF3O2S/c14-9-4-10(20-7-9)6-19-12-2-1-8(5-18)3-11(12)13(15,16)17/h1-4,7,18H,5-6H2. The van der Waals surface area contributed by atoms with Gasteiger partial charge in [0.2, 0.25) is 0 Å². The first-order valence-electron chi connectivity index (χ1n) is 5.57. The number of aliphatic hydroxyl groups is 1. The van der Waals surface area contributed by atoms with Gasteiger partial charge in [-0.3, -0.25) is 0 Å². The van der Waals surface area contributed by atoms with Crippen molar-refractivity contribution < 1.29 is 23.0 Å². The molecule has 1 N–H and O–H groups in total. The molecule has 1 aromatic carbocycles. The summed E-state index contributed by atoms with van der Waals surface area (Å²) in [6, 6.07) is 5.34. The van der Waals surface area contributed by atoms with Crippen molar-refractivity contribution in [3.05, 3.63) is 50.1 Å². The minimum atomic E-state index is -4.52. The van der Waals surface area contributed by atoms with Gasteiger partial charge in [0.15, 0.2) is 0 Å². The zero-order valence-corrected chi connectivity index (χ0v) is 12.5. The van der Waals surface area contributed by atoms with Gasteiger partial charge in [0.05, 0.1) is 12.2 Å². The van der Waals surface area contributed by atoms with Gasteiger partial charge in [-0.25, -0.2) is 0 Å². The van der Waals surface area contributed by atoms with Gasteiger partial charge in [-0.1, -0.05) is 6.07 Å². The van der Waals surface area contributed by atoms with Gasteiger partial charge in [0.25, 0.3) is 0 Å². The summed E-state index contributed by atoms with van der Waals surface area (Å²) in [7, 11) is 0. The fraction of sp³-hybridized carbons (Fsp3) is 0.231. The Kier molecular flexibility index (Phi) is 4.72. The Morgan fingerprint density at radius 3 is 2.55 bits per heavy atom. The van der Waals surface area contributed by atoms with Gasteiger partial charge >= 0.3 is 6.18 Å². The minimum Gasteiger partial charge on any atom is -0.487 e. The quantitative estimate of drug-likeness (QED) is 0.856. The molecule has 108 valence electrons. The highest BCUT2D eigenvalue weighted by atomic mass is 79.9. The van der Waals surface area contributed by atoms with Gasteiger partial charge in [-0.2, -0.15) is 13.2 Å². The third kappa shape index (κ3) is 3.74. The summed E-state index contributed by atoms with van der Waals surface area (Å²) in [5.74, 6) is -0.237. The Hall–Kier alpha value is -1.05. The second kappa shape index (κ2) is 6.15. The van der Waals surface area contributed by atoms with Gasteiger partial charge in [0, 0.05) is 14.7 Å². The highest BCUT2D eigenvalue weighted by molar-refractivity contribution is 9.10. The van der Waals surface area contributed by atoms with Crippen molar-refractivity contribution in [2.24, 2.45) is 0 Å². The van der Waals surface area contributed by atoms with E-state index >= 15 is 0 Å². The van der Waals surface area contributed by atoms with Crippen molar-refractivity contribution >= 4 is 27.3 Å². The molecule has 2 rings (SSSR count).